The summed E-state index contributed by atoms with van der Waals surface area (Å²) in [4.78, 5) is 26.0. The number of halogens is 5. The first-order valence-corrected chi connectivity index (χ1v) is 10.2. The van der Waals surface area contributed by atoms with E-state index in [2.05, 4.69) is 21.2 Å². The van der Waals surface area contributed by atoms with Crippen LogP contribution in [0.25, 0.3) is 6.08 Å². The van der Waals surface area contributed by atoms with Crippen LogP contribution in [0, 0.1) is 0 Å². The molecule has 1 aliphatic heterocycles. The number of alkyl halides is 3. The summed E-state index contributed by atoms with van der Waals surface area (Å²) in [5, 5.41) is 3.07. The summed E-state index contributed by atoms with van der Waals surface area (Å²) in [6.45, 7) is 0.783. The minimum Gasteiger partial charge on any atom is -0.343 e. The van der Waals surface area contributed by atoms with Crippen LogP contribution in [0.1, 0.15) is 22.3 Å². The molecule has 1 aliphatic rings. The van der Waals surface area contributed by atoms with Gasteiger partial charge in [0, 0.05) is 23.6 Å². The highest BCUT2D eigenvalue weighted by atomic mass is 79.9. The molecule has 9 heteroatoms. The lowest BCUT2D eigenvalue weighted by atomic mass is 10.00. The van der Waals surface area contributed by atoms with Crippen LogP contribution in [0.5, 0.6) is 0 Å². The fourth-order valence-corrected chi connectivity index (χ4v) is 3.63. The lowest BCUT2D eigenvalue weighted by molar-refractivity contribution is -0.137. The van der Waals surface area contributed by atoms with Gasteiger partial charge in [0.1, 0.15) is 0 Å². The Hall–Kier alpha value is -2.32. The van der Waals surface area contributed by atoms with E-state index in [0.717, 1.165) is 27.7 Å². The molecule has 4 nitrogen and oxygen atoms in total. The number of carbonyl (C=O) groups excluding carboxylic acids is 2. The van der Waals surface area contributed by atoms with Crippen LogP contribution in [0.15, 0.2) is 46.9 Å². The Kier molecular flexibility index (Phi) is 6.88. The van der Waals surface area contributed by atoms with Gasteiger partial charge in [0.15, 0.2) is 0 Å². The Morgan fingerprint density at radius 3 is 2.53 bits per heavy atom. The van der Waals surface area contributed by atoms with Crippen molar-refractivity contribution in [1.82, 2.24) is 10.2 Å². The minimum absolute atomic E-state index is 0.171. The number of hydrogen-bond donors (Lipinski definition) is 1. The number of rotatable bonds is 4. The minimum atomic E-state index is -4.41. The van der Waals surface area contributed by atoms with Gasteiger partial charge in [-0.2, -0.15) is 13.2 Å². The molecule has 0 saturated carbocycles. The van der Waals surface area contributed by atoms with Crippen LogP contribution in [-0.4, -0.2) is 29.8 Å². The van der Waals surface area contributed by atoms with Crippen molar-refractivity contribution < 1.29 is 22.8 Å². The Labute approximate surface area is 184 Å². The normalized spacial score (nSPS) is 14.0. The number of amides is 2. The van der Waals surface area contributed by atoms with E-state index in [0.29, 0.717) is 30.1 Å². The summed E-state index contributed by atoms with van der Waals surface area (Å²) in [5.74, 6) is -0.733. The zero-order valence-corrected chi connectivity index (χ0v) is 17.9. The van der Waals surface area contributed by atoms with E-state index in [1.165, 1.54) is 24.3 Å². The summed E-state index contributed by atoms with van der Waals surface area (Å²) in [6, 6.07) is 8.21. The molecule has 2 amide bonds. The lowest BCUT2D eigenvalue weighted by Crippen LogP contribution is -2.42. The van der Waals surface area contributed by atoms with Gasteiger partial charge in [-0.05, 0) is 69.4 Å². The smallest absolute Gasteiger partial charge is 0.343 e. The van der Waals surface area contributed by atoms with Crippen molar-refractivity contribution in [2.24, 2.45) is 0 Å². The fraction of sp³-hybridized carbons (Fsp3) is 0.238. The molecule has 1 N–H and O–H groups in total. The number of benzene rings is 2. The van der Waals surface area contributed by atoms with E-state index in [1.807, 2.05) is 12.1 Å². The third-order valence-electron chi connectivity index (χ3n) is 4.69. The molecule has 1 heterocycles. The Bertz CT molecular complexity index is 991. The molecule has 158 valence electrons. The first kappa shape index (κ1) is 22.4. The van der Waals surface area contributed by atoms with E-state index in [1.54, 1.807) is 4.90 Å². The maximum Gasteiger partial charge on any atom is 0.416 e. The van der Waals surface area contributed by atoms with Crippen LogP contribution < -0.4 is 5.32 Å². The number of nitrogens with one attached hydrogen (secondary N) is 1. The third-order valence-corrected chi connectivity index (χ3v) is 5.88. The summed E-state index contributed by atoms with van der Waals surface area (Å²) in [7, 11) is 0. The maximum absolute atomic E-state index is 12.6. The molecule has 0 fully saturated rings. The predicted octanol–water partition coefficient (Wildman–Crippen LogP) is 4.84. The average Bonchev–Trinajstić information content (AvgIpc) is 2.70. The first-order chi connectivity index (χ1) is 14.1. The molecule has 0 atom stereocenters. The molecule has 2 aromatic rings. The molecule has 0 unspecified atom stereocenters. The highest BCUT2D eigenvalue weighted by Gasteiger charge is 2.29. The molecule has 3 rings (SSSR count). The molecule has 0 aliphatic carbocycles. The molecule has 0 spiro atoms. The summed E-state index contributed by atoms with van der Waals surface area (Å²) >= 11 is 9.51. The topological polar surface area (TPSA) is 49.4 Å². The van der Waals surface area contributed by atoms with E-state index in [4.69, 9.17) is 11.6 Å². The quantitative estimate of drug-likeness (QED) is 0.610. The lowest BCUT2D eigenvalue weighted by Gasteiger charge is -2.29. The van der Waals surface area contributed by atoms with E-state index < -0.39 is 17.6 Å². The molecule has 0 radical (unpaired) electrons. The molecule has 0 saturated heterocycles. The fourth-order valence-electron chi connectivity index (χ4n) is 3.05. The van der Waals surface area contributed by atoms with Gasteiger partial charge in [0.05, 0.1) is 17.1 Å². The van der Waals surface area contributed by atoms with Crippen molar-refractivity contribution in [1.29, 1.82) is 0 Å². The number of fused-ring (bicyclic) bond motifs is 1. The number of nitrogens with zero attached hydrogens (tertiary/aromatic N) is 1. The molecule has 0 aromatic heterocycles. The van der Waals surface area contributed by atoms with Gasteiger partial charge in [0.2, 0.25) is 11.8 Å². The Morgan fingerprint density at radius 1 is 1.17 bits per heavy atom. The summed E-state index contributed by atoms with van der Waals surface area (Å²) in [6.07, 6.45) is -1.15. The number of carbonyl (C=O) groups is 2. The first-order valence-electron chi connectivity index (χ1n) is 9.01. The highest BCUT2D eigenvalue weighted by molar-refractivity contribution is 9.10. The van der Waals surface area contributed by atoms with E-state index in [-0.39, 0.29) is 12.5 Å². The summed E-state index contributed by atoms with van der Waals surface area (Å²) < 4.78 is 38.5. The molecule has 30 heavy (non-hydrogen) atoms. The van der Waals surface area contributed by atoms with Gasteiger partial charge in [-0.1, -0.05) is 23.7 Å². The molecule has 2 aromatic carbocycles. The van der Waals surface area contributed by atoms with Crippen molar-refractivity contribution in [3.8, 4) is 0 Å². The second kappa shape index (κ2) is 9.22. The van der Waals surface area contributed by atoms with Gasteiger partial charge in [0.25, 0.3) is 0 Å². The van der Waals surface area contributed by atoms with Crippen LogP contribution in [0.3, 0.4) is 0 Å². The van der Waals surface area contributed by atoms with Crippen LogP contribution >= 0.6 is 27.5 Å². The largest absolute Gasteiger partial charge is 0.416 e. The zero-order chi connectivity index (χ0) is 21.9. The zero-order valence-electron chi connectivity index (χ0n) is 15.6. The van der Waals surface area contributed by atoms with Gasteiger partial charge in [-0.15, -0.1) is 0 Å². The van der Waals surface area contributed by atoms with E-state index >= 15 is 0 Å². The monoisotopic (exact) mass is 500 g/mol. The van der Waals surface area contributed by atoms with Crippen molar-refractivity contribution in [3.63, 3.8) is 0 Å². The summed E-state index contributed by atoms with van der Waals surface area (Å²) in [5.41, 5.74) is 1.78. The molecule has 0 bridgehead atoms. The van der Waals surface area contributed by atoms with Gasteiger partial charge >= 0.3 is 6.18 Å². The molecular weight excluding hydrogens is 485 g/mol. The maximum atomic E-state index is 12.6. The SMILES string of the molecule is O=C(/C=C/c1ccc(C(F)(F)F)cc1)NCC(=O)N1CCc2cc(Br)c(Cl)cc2C1. The third kappa shape index (κ3) is 5.64. The van der Waals surface area contributed by atoms with Gasteiger partial charge < -0.3 is 10.2 Å². The second-order valence-electron chi connectivity index (χ2n) is 6.77. The Balaban J connectivity index is 1.51. The highest BCUT2D eigenvalue weighted by Crippen LogP contribution is 2.30. The second-order valence-corrected chi connectivity index (χ2v) is 8.03. The number of hydrogen-bond acceptors (Lipinski definition) is 2. The van der Waals surface area contributed by atoms with Crippen molar-refractivity contribution in [2.75, 3.05) is 13.1 Å². The van der Waals surface area contributed by atoms with Crippen LogP contribution in [0.2, 0.25) is 5.02 Å². The predicted molar refractivity (Wildman–Crippen MR) is 112 cm³/mol. The van der Waals surface area contributed by atoms with Crippen molar-refractivity contribution in [3.05, 3.63) is 74.2 Å². The van der Waals surface area contributed by atoms with Crippen LogP contribution in [-0.2, 0) is 28.7 Å². The standard InChI is InChI=1S/C21H17BrClF3N2O2/c22-17-9-14-7-8-28(12-15(14)10-18(17)23)20(30)11-27-19(29)6-3-13-1-4-16(5-2-13)21(24,25)26/h1-6,9-10H,7-8,11-12H2,(H,27,29)/b6-3+. The average molecular weight is 502 g/mol. The van der Waals surface area contributed by atoms with Crippen molar-refractivity contribution in [2.45, 2.75) is 19.1 Å². The van der Waals surface area contributed by atoms with Gasteiger partial charge in [-0.25, -0.2) is 0 Å². The van der Waals surface area contributed by atoms with Gasteiger partial charge in [-0.3, -0.25) is 9.59 Å². The van der Waals surface area contributed by atoms with Crippen LogP contribution in [0.4, 0.5) is 13.2 Å². The van der Waals surface area contributed by atoms with E-state index in [9.17, 15) is 22.8 Å². The Morgan fingerprint density at radius 2 is 1.87 bits per heavy atom. The molecular formula is C21H17BrClF3N2O2. The van der Waals surface area contributed by atoms with Crippen molar-refractivity contribution >= 4 is 45.4 Å².